The second kappa shape index (κ2) is 8.35. The number of hydrogen-bond acceptors (Lipinski definition) is 7. The van der Waals surface area contributed by atoms with Crippen LogP contribution in [0, 0.1) is 0 Å². The van der Waals surface area contributed by atoms with Gasteiger partial charge in [0.1, 0.15) is 6.61 Å². The Morgan fingerprint density at radius 2 is 1.93 bits per heavy atom. The molecule has 0 radical (unpaired) electrons. The summed E-state index contributed by atoms with van der Waals surface area (Å²) in [6.07, 6.45) is 0.493. The fourth-order valence-electron chi connectivity index (χ4n) is 2.70. The van der Waals surface area contributed by atoms with Crippen molar-refractivity contribution in [3.63, 3.8) is 0 Å². The average Bonchev–Trinajstić information content (AvgIpc) is 3.21. The van der Waals surface area contributed by atoms with Crippen LogP contribution in [0.4, 0.5) is 5.69 Å². The number of thioether (sulfide) groups is 1. The van der Waals surface area contributed by atoms with E-state index in [0.29, 0.717) is 22.6 Å². The van der Waals surface area contributed by atoms with Crippen LogP contribution in [0.15, 0.2) is 58.2 Å². The molecule has 8 heteroatoms. The monoisotopic (exact) mass is 397 g/mol. The van der Waals surface area contributed by atoms with Gasteiger partial charge in [0.2, 0.25) is 12.0 Å². The summed E-state index contributed by atoms with van der Waals surface area (Å²) in [5.41, 5.74) is 1.99. The van der Waals surface area contributed by atoms with Gasteiger partial charge in [-0.3, -0.25) is 4.79 Å². The highest BCUT2D eigenvalue weighted by Gasteiger charge is 2.27. The van der Waals surface area contributed by atoms with Crippen LogP contribution < -0.4 is 14.8 Å². The lowest BCUT2D eigenvalue weighted by molar-refractivity contribution is -0.113. The predicted octanol–water partition coefficient (Wildman–Crippen LogP) is 3.88. The lowest BCUT2D eigenvalue weighted by Crippen LogP contribution is -2.21. The van der Waals surface area contributed by atoms with Crippen molar-refractivity contribution in [1.82, 2.24) is 10.2 Å². The number of amides is 1. The molecule has 1 atom stereocenters. The van der Waals surface area contributed by atoms with Gasteiger partial charge in [0.05, 0.1) is 5.75 Å². The quantitative estimate of drug-likeness (QED) is 0.632. The summed E-state index contributed by atoms with van der Waals surface area (Å²) in [4.78, 5) is 12.1. The topological polar surface area (TPSA) is 86.5 Å². The van der Waals surface area contributed by atoms with E-state index >= 15 is 0 Å². The predicted molar refractivity (Wildman–Crippen MR) is 105 cm³/mol. The van der Waals surface area contributed by atoms with E-state index < -0.39 is 6.10 Å². The van der Waals surface area contributed by atoms with E-state index in [1.807, 2.05) is 48.5 Å². The fourth-order valence-corrected chi connectivity index (χ4v) is 3.27. The fraction of sp³-hybridized carbons (Fsp3) is 0.250. The summed E-state index contributed by atoms with van der Waals surface area (Å²) in [7, 11) is 0. The highest BCUT2D eigenvalue weighted by atomic mass is 32.2. The largest absolute Gasteiger partial charge is 0.485 e. The van der Waals surface area contributed by atoms with E-state index in [1.54, 1.807) is 0 Å². The Morgan fingerprint density at radius 3 is 2.71 bits per heavy atom. The van der Waals surface area contributed by atoms with Gasteiger partial charge < -0.3 is 19.2 Å². The maximum Gasteiger partial charge on any atom is 0.277 e. The third kappa shape index (κ3) is 4.28. The first kappa shape index (κ1) is 18.4. The van der Waals surface area contributed by atoms with Crippen LogP contribution in [0.1, 0.15) is 24.5 Å². The number of nitrogens with one attached hydrogen (secondary N) is 1. The molecule has 4 rings (SSSR count). The molecule has 1 aliphatic heterocycles. The highest BCUT2D eigenvalue weighted by molar-refractivity contribution is 7.99. The number of aromatic nitrogens is 2. The van der Waals surface area contributed by atoms with Crippen LogP contribution in [0.5, 0.6) is 11.5 Å². The summed E-state index contributed by atoms with van der Waals surface area (Å²) in [6.45, 7) is 2.38. The van der Waals surface area contributed by atoms with E-state index in [2.05, 4.69) is 22.4 Å². The number of ether oxygens (including phenoxy) is 2. The molecule has 0 unspecified atom stereocenters. The molecule has 0 fully saturated rings. The molecular weight excluding hydrogens is 378 g/mol. The molecule has 2 aromatic carbocycles. The van der Waals surface area contributed by atoms with Gasteiger partial charge in [-0.25, -0.2) is 0 Å². The minimum absolute atomic E-state index is 0.139. The van der Waals surface area contributed by atoms with Crippen LogP contribution >= 0.6 is 11.8 Å². The van der Waals surface area contributed by atoms with E-state index in [0.717, 1.165) is 12.1 Å². The molecule has 144 valence electrons. The normalized spacial score (nSPS) is 15.2. The Morgan fingerprint density at radius 1 is 1.14 bits per heavy atom. The SMILES string of the molecule is CCc1ccc(NC(=O)CSc2nnc([C@H]3COc4ccccc4O3)o2)cc1. The molecule has 0 saturated heterocycles. The van der Waals surface area contributed by atoms with Gasteiger partial charge in [-0.1, -0.05) is 43.0 Å². The molecule has 0 spiro atoms. The van der Waals surface area contributed by atoms with Gasteiger partial charge in [-0.15, -0.1) is 10.2 Å². The van der Waals surface area contributed by atoms with Gasteiger partial charge in [0.25, 0.3) is 11.1 Å². The molecule has 0 saturated carbocycles. The van der Waals surface area contributed by atoms with Crippen molar-refractivity contribution in [1.29, 1.82) is 0 Å². The lowest BCUT2D eigenvalue weighted by Gasteiger charge is -2.23. The van der Waals surface area contributed by atoms with Crippen LogP contribution in [0.25, 0.3) is 0 Å². The average molecular weight is 397 g/mol. The second-order valence-electron chi connectivity index (χ2n) is 6.16. The molecule has 28 heavy (non-hydrogen) atoms. The number of carbonyl (C=O) groups is 1. The Kier molecular flexibility index (Phi) is 5.48. The number of fused-ring (bicyclic) bond motifs is 1. The van der Waals surface area contributed by atoms with E-state index in [-0.39, 0.29) is 18.3 Å². The molecule has 1 N–H and O–H groups in total. The molecule has 7 nitrogen and oxygen atoms in total. The molecule has 0 aliphatic carbocycles. The maximum atomic E-state index is 12.1. The van der Waals surface area contributed by atoms with Crippen molar-refractivity contribution in [2.75, 3.05) is 17.7 Å². The minimum Gasteiger partial charge on any atom is -0.485 e. The van der Waals surface area contributed by atoms with Crippen molar-refractivity contribution in [3.8, 4) is 11.5 Å². The van der Waals surface area contributed by atoms with Gasteiger partial charge in [0, 0.05) is 5.69 Å². The van der Waals surface area contributed by atoms with Gasteiger partial charge >= 0.3 is 0 Å². The van der Waals surface area contributed by atoms with Crippen molar-refractivity contribution in [2.45, 2.75) is 24.7 Å². The van der Waals surface area contributed by atoms with Crippen LogP contribution in [0.2, 0.25) is 0 Å². The van der Waals surface area contributed by atoms with Crippen molar-refractivity contribution < 1.29 is 18.7 Å². The first-order valence-electron chi connectivity index (χ1n) is 8.94. The lowest BCUT2D eigenvalue weighted by atomic mass is 10.1. The number of rotatable bonds is 6. The Labute approximate surface area is 166 Å². The number of anilines is 1. The van der Waals surface area contributed by atoms with Gasteiger partial charge in [0.15, 0.2) is 11.5 Å². The number of para-hydroxylation sites is 2. The second-order valence-corrected chi connectivity index (χ2v) is 7.08. The number of aryl methyl sites for hydroxylation is 1. The Hall–Kier alpha value is -3.00. The summed E-state index contributed by atoms with van der Waals surface area (Å²) < 4.78 is 17.1. The molecule has 1 aliphatic rings. The van der Waals surface area contributed by atoms with Crippen LogP contribution in [-0.2, 0) is 11.2 Å². The van der Waals surface area contributed by atoms with E-state index in [9.17, 15) is 4.79 Å². The minimum atomic E-state index is -0.470. The number of carbonyl (C=O) groups excluding carboxylic acids is 1. The third-order valence-corrected chi connectivity index (χ3v) is 5.00. The van der Waals surface area contributed by atoms with Crippen molar-refractivity contribution in [2.24, 2.45) is 0 Å². The summed E-state index contributed by atoms with van der Waals surface area (Å²) in [5, 5.41) is 11.2. The van der Waals surface area contributed by atoms with Gasteiger partial charge in [-0.05, 0) is 36.2 Å². The van der Waals surface area contributed by atoms with E-state index in [1.165, 1.54) is 17.3 Å². The molecule has 1 amide bonds. The molecule has 2 heterocycles. The Bertz CT molecular complexity index is 958. The van der Waals surface area contributed by atoms with Crippen molar-refractivity contribution in [3.05, 3.63) is 60.0 Å². The number of nitrogens with zero attached hydrogens (tertiary/aromatic N) is 2. The zero-order chi connectivity index (χ0) is 19.3. The van der Waals surface area contributed by atoms with E-state index in [4.69, 9.17) is 13.9 Å². The number of benzene rings is 2. The first-order chi connectivity index (χ1) is 13.7. The molecule has 3 aromatic rings. The Balaban J connectivity index is 1.30. The molecular formula is C20H19N3O4S. The van der Waals surface area contributed by atoms with Crippen LogP contribution in [-0.4, -0.2) is 28.5 Å². The number of hydrogen-bond donors (Lipinski definition) is 1. The zero-order valence-electron chi connectivity index (χ0n) is 15.3. The highest BCUT2D eigenvalue weighted by Crippen LogP contribution is 2.35. The molecule has 0 bridgehead atoms. The van der Waals surface area contributed by atoms with Crippen molar-refractivity contribution >= 4 is 23.4 Å². The smallest absolute Gasteiger partial charge is 0.277 e. The third-order valence-electron chi connectivity index (χ3n) is 4.18. The maximum absolute atomic E-state index is 12.1. The summed E-state index contributed by atoms with van der Waals surface area (Å²) >= 11 is 1.18. The molecule has 1 aromatic heterocycles. The van der Waals surface area contributed by atoms with Crippen LogP contribution in [0.3, 0.4) is 0 Å². The zero-order valence-corrected chi connectivity index (χ0v) is 16.1. The summed E-state index contributed by atoms with van der Waals surface area (Å²) in [5.74, 6) is 1.69. The van der Waals surface area contributed by atoms with Gasteiger partial charge in [-0.2, -0.15) is 0 Å². The first-order valence-corrected chi connectivity index (χ1v) is 9.93. The summed E-state index contributed by atoms with van der Waals surface area (Å²) in [6, 6.07) is 15.2. The standard InChI is InChI=1S/C20H19N3O4S/c1-2-13-7-9-14(10-8-13)21-18(24)12-28-20-23-22-19(27-20)17-11-25-15-5-3-4-6-16(15)26-17/h3-10,17H,2,11-12H2,1H3,(H,21,24)/t17-/m1/s1.